The second-order valence-electron chi connectivity index (χ2n) is 3.79. The lowest BCUT2D eigenvalue weighted by molar-refractivity contribution is 0.376. The SMILES string of the molecule is CN=C(NCc1cc(C)no1)NCc1cccs1.I. The van der Waals surface area contributed by atoms with Crippen molar-refractivity contribution in [2.45, 2.75) is 20.0 Å². The van der Waals surface area contributed by atoms with Gasteiger partial charge in [0.25, 0.3) is 0 Å². The minimum Gasteiger partial charge on any atom is -0.359 e. The third kappa shape index (κ3) is 5.19. The second-order valence-corrected chi connectivity index (χ2v) is 4.83. The molecule has 0 bridgehead atoms. The Balaban J connectivity index is 0.00000180. The number of guanidine groups is 1. The van der Waals surface area contributed by atoms with Gasteiger partial charge in [0.1, 0.15) is 0 Å². The summed E-state index contributed by atoms with van der Waals surface area (Å²) in [7, 11) is 1.75. The fraction of sp³-hybridized carbons (Fsp3) is 0.333. The van der Waals surface area contributed by atoms with Gasteiger partial charge in [-0.3, -0.25) is 4.99 Å². The van der Waals surface area contributed by atoms with Crippen LogP contribution in [0.25, 0.3) is 0 Å². The molecule has 0 radical (unpaired) electrons. The second kappa shape index (κ2) is 8.16. The number of hydrogen-bond acceptors (Lipinski definition) is 4. The Kier molecular flexibility index (Phi) is 6.85. The van der Waals surface area contributed by atoms with Gasteiger partial charge in [0.15, 0.2) is 11.7 Å². The monoisotopic (exact) mass is 392 g/mol. The highest BCUT2D eigenvalue weighted by molar-refractivity contribution is 14.0. The zero-order valence-corrected chi connectivity index (χ0v) is 14.0. The Morgan fingerprint density at radius 1 is 1.42 bits per heavy atom. The smallest absolute Gasteiger partial charge is 0.191 e. The largest absolute Gasteiger partial charge is 0.359 e. The highest BCUT2D eigenvalue weighted by atomic mass is 127. The molecule has 7 heteroatoms. The third-order valence-corrected chi connectivity index (χ3v) is 3.22. The van der Waals surface area contributed by atoms with Crippen LogP contribution in [0.15, 0.2) is 33.1 Å². The molecule has 0 unspecified atom stereocenters. The normalized spacial score (nSPS) is 10.9. The van der Waals surface area contributed by atoms with E-state index in [9.17, 15) is 0 Å². The highest BCUT2D eigenvalue weighted by Crippen LogP contribution is 2.07. The van der Waals surface area contributed by atoms with Crippen molar-refractivity contribution in [1.29, 1.82) is 0 Å². The number of aromatic nitrogens is 1. The fourth-order valence-corrected chi connectivity index (χ4v) is 2.12. The first-order valence-corrected chi connectivity index (χ1v) is 6.55. The van der Waals surface area contributed by atoms with E-state index in [-0.39, 0.29) is 24.0 Å². The van der Waals surface area contributed by atoms with Crippen LogP contribution in [0.5, 0.6) is 0 Å². The first-order chi connectivity index (χ1) is 8.78. The molecule has 0 aliphatic rings. The van der Waals surface area contributed by atoms with Crippen LogP contribution in [0.3, 0.4) is 0 Å². The van der Waals surface area contributed by atoms with Crippen LogP contribution in [-0.2, 0) is 13.1 Å². The summed E-state index contributed by atoms with van der Waals surface area (Å²) in [6.07, 6.45) is 0. The van der Waals surface area contributed by atoms with Crippen LogP contribution in [0.4, 0.5) is 0 Å². The lowest BCUT2D eigenvalue weighted by Crippen LogP contribution is -2.36. The Morgan fingerprint density at radius 2 is 2.21 bits per heavy atom. The third-order valence-electron chi connectivity index (χ3n) is 2.34. The summed E-state index contributed by atoms with van der Waals surface area (Å²) in [4.78, 5) is 5.42. The summed E-state index contributed by atoms with van der Waals surface area (Å²) >= 11 is 1.72. The van der Waals surface area contributed by atoms with Gasteiger partial charge in [-0.15, -0.1) is 35.3 Å². The standard InChI is InChI=1S/C12H16N4OS.HI/c1-9-6-10(17-16-9)7-14-12(13-2)15-8-11-4-3-5-18-11;/h3-6H,7-8H2,1-2H3,(H2,13,14,15);1H. The molecule has 0 saturated carbocycles. The van der Waals surface area contributed by atoms with Crippen molar-refractivity contribution in [2.75, 3.05) is 7.05 Å². The zero-order valence-electron chi connectivity index (χ0n) is 10.8. The summed E-state index contributed by atoms with van der Waals surface area (Å²) in [5.41, 5.74) is 0.883. The molecule has 0 saturated heterocycles. The van der Waals surface area contributed by atoms with Gasteiger partial charge in [-0.25, -0.2) is 0 Å². The molecule has 5 nitrogen and oxygen atoms in total. The average Bonchev–Trinajstić information content (AvgIpc) is 3.01. The van der Waals surface area contributed by atoms with Crippen molar-refractivity contribution >= 4 is 41.3 Å². The van der Waals surface area contributed by atoms with Crippen molar-refractivity contribution in [3.8, 4) is 0 Å². The molecule has 0 aliphatic heterocycles. The molecule has 2 aromatic rings. The molecule has 2 aromatic heterocycles. The first-order valence-electron chi connectivity index (χ1n) is 5.67. The van der Waals surface area contributed by atoms with Gasteiger partial charge in [-0.05, 0) is 18.4 Å². The maximum absolute atomic E-state index is 5.12. The van der Waals surface area contributed by atoms with E-state index in [1.54, 1.807) is 18.4 Å². The molecule has 104 valence electrons. The van der Waals surface area contributed by atoms with Gasteiger partial charge in [0, 0.05) is 18.0 Å². The molecular formula is C12H17IN4OS. The van der Waals surface area contributed by atoms with E-state index in [1.807, 2.05) is 19.1 Å². The summed E-state index contributed by atoms with van der Waals surface area (Å²) in [6, 6.07) is 6.03. The Labute approximate surface area is 133 Å². The molecular weight excluding hydrogens is 375 g/mol. The lowest BCUT2D eigenvalue weighted by Gasteiger charge is -2.09. The summed E-state index contributed by atoms with van der Waals surface area (Å²) in [5.74, 6) is 1.55. The van der Waals surface area contributed by atoms with Gasteiger partial charge >= 0.3 is 0 Å². The van der Waals surface area contributed by atoms with Crippen molar-refractivity contribution in [1.82, 2.24) is 15.8 Å². The zero-order chi connectivity index (χ0) is 12.8. The van der Waals surface area contributed by atoms with Gasteiger partial charge in [0.05, 0.1) is 18.8 Å². The van der Waals surface area contributed by atoms with E-state index in [0.29, 0.717) is 6.54 Å². The number of nitrogens with one attached hydrogen (secondary N) is 2. The lowest BCUT2D eigenvalue weighted by atomic mass is 10.4. The average molecular weight is 392 g/mol. The number of thiophene rings is 1. The molecule has 0 amide bonds. The van der Waals surface area contributed by atoms with Gasteiger partial charge in [-0.2, -0.15) is 0 Å². The van der Waals surface area contributed by atoms with Gasteiger partial charge in [-0.1, -0.05) is 11.2 Å². The minimum atomic E-state index is 0. The molecule has 2 rings (SSSR count). The van der Waals surface area contributed by atoms with E-state index in [1.165, 1.54) is 4.88 Å². The molecule has 2 heterocycles. The quantitative estimate of drug-likeness (QED) is 0.477. The maximum atomic E-state index is 5.12. The maximum Gasteiger partial charge on any atom is 0.191 e. The molecule has 19 heavy (non-hydrogen) atoms. The molecule has 0 aliphatic carbocycles. The van der Waals surface area contributed by atoms with Crippen molar-refractivity contribution in [2.24, 2.45) is 4.99 Å². The number of rotatable bonds is 4. The van der Waals surface area contributed by atoms with E-state index in [2.05, 4.69) is 32.2 Å². The molecule has 0 aromatic carbocycles. The van der Waals surface area contributed by atoms with Crippen LogP contribution >= 0.6 is 35.3 Å². The van der Waals surface area contributed by atoms with Gasteiger partial charge in [0.2, 0.25) is 0 Å². The predicted octanol–water partition coefficient (Wildman–Crippen LogP) is 2.53. The number of halogens is 1. The van der Waals surface area contributed by atoms with E-state index in [0.717, 1.165) is 24.0 Å². The number of aliphatic imine (C=N–C) groups is 1. The summed E-state index contributed by atoms with van der Waals surface area (Å²) in [5, 5.41) is 12.3. The molecule has 0 spiro atoms. The Morgan fingerprint density at radius 3 is 2.79 bits per heavy atom. The van der Waals surface area contributed by atoms with Crippen LogP contribution in [0.1, 0.15) is 16.3 Å². The van der Waals surface area contributed by atoms with Crippen LogP contribution < -0.4 is 10.6 Å². The van der Waals surface area contributed by atoms with Crippen molar-refractivity contribution < 1.29 is 4.52 Å². The molecule has 2 N–H and O–H groups in total. The molecule has 0 atom stereocenters. The summed E-state index contributed by atoms with van der Waals surface area (Å²) in [6.45, 7) is 3.24. The predicted molar refractivity (Wildman–Crippen MR) is 88.0 cm³/mol. The van der Waals surface area contributed by atoms with E-state index >= 15 is 0 Å². The molecule has 0 fully saturated rings. The minimum absolute atomic E-state index is 0. The summed E-state index contributed by atoms with van der Waals surface area (Å²) < 4.78 is 5.12. The topological polar surface area (TPSA) is 62.5 Å². The Hall–Kier alpha value is -1.09. The Bertz CT molecular complexity index is 510. The van der Waals surface area contributed by atoms with E-state index < -0.39 is 0 Å². The van der Waals surface area contributed by atoms with E-state index in [4.69, 9.17) is 4.52 Å². The number of nitrogens with zero attached hydrogens (tertiary/aromatic N) is 2. The van der Waals surface area contributed by atoms with Crippen molar-refractivity contribution in [3.05, 3.63) is 39.9 Å². The highest BCUT2D eigenvalue weighted by Gasteiger charge is 2.03. The number of hydrogen-bond donors (Lipinski definition) is 2. The first kappa shape index (κ1) is 16.0. The van der Waals surface area contributed by atoms with Crippen LogP contribution in [-0.4, -0.2) is 18.2 Å². The fourth-order valence-electron chi connectivity index (χ4n) is 1.48. The van der Waals surface area contributed by atoms with Gasteiger partial charge < -0.3 is 15.2 Å². The number of aryl methyl sites for hydroxylation is 1. The van der Waals surface area contributed by atoms with Crippen LogP contribution in [0.2, 0.25) is 0 Å². The van der Waals surface area contributed by atoms with Crippen LogP contribution in [0, 0.1) is 6.92 Å². The van der Waals surface area contributed by atoms with Crippen molar-refractivity contribution in [3.63, 3.8) is 0 Å².